The monoisotopic (exact) mass is 421 g/mol. The summed E-state index contributed by atoms with van der Waals surface area (Å²) in [6.45, 7) is 0. The molecule has 31 heavy (non-hydrogen) atoms. The van der Waals surface area contributed by atoms with Crippen molar-refractivity contribution in [1.29, 1.82) is 0 Å². The molecule has 0 radical (unpaired) electrons. The predicted octanol–water partition coefficient (Wildman–Crippen LogP) is 1.90. The van der Waals surface area contributed by atoms with Gasteiger partial charge < -0.3 is 24.9 Å². The van der Waals surface area contributed by atoms with E-state index in [1.54, 1.807) is 49.6 Å². The van der Waals surface area contributed by atoms with Crippen molar-refractivity contribution < 1.29 is 19.0 Å². The first-order chi connectivity index (χ1) is 15.0. The molecule has 2 aromatic carbocycles. The third kappa shape index (κ3) is 3.44. The molecular formula is C21H19N5O5. The fraction of sp³-hybridized carbons (Fsp3) is 0.143. The standard InChI is InChI=1S/C21H19N5O5/c1-29-13-6-4-5-11(9-13)19-23-16(18(22)27)17-20(25-19)26(21(28)24-17)12-7-8-14(30-2)15(10-12)31-3/h4-10H,1-3H3,(H2,22,27)(H,24,28). The van der Waals surface area contributed by atoms with Gasteiger partial charge in [-0.15, -0.1) is 0 Å². The number of imidazole rings is 1. The molecule has 0 fully saturated rings. The minimum atomic E-state index is -0.794. The minimum Gasteiger partial charge on any atom is -0.497 e. The Balaban J connectivity index is 2.01. The number of carbonyl (C=O) groups excluding carboxylic acids is 1. The molecule has 4 aromatic rings. The maximum atomic E-state index is 12.8. The molecule has 0 bridgehead atoms. The van der Waals surface area contributed by atoms with Gasteiger partial charge >= 0.3 is 5.69 Å². The maximum absolute atomic E-state index is 12.8. The largest absolute Gasteiger partial charge is 0.497 e. The lowest BCUT2D eigenvalue weighted by molar-refractivity contribution is 0.0997. The summed E-state index contributed by atoms with van der Waals surface area (Å²) < 4.78 is 17.2. The fourth-order valence-electron chi connectivity index (χ4n) is 3.26. The molecule has 3 N–H and O–H groups in total. The van der Waals surface area contributed by atoms with Crippen LogP contribution in [0, 0.1) is 0 Å². The Morgan fingerprint density at radius 1 is 1.00 bits per heavy atom. The molecular weight excluding hydrogens is 402 g/mol. The van der Waals surface area contributed by atoms with Gasteiger partial charge in [-0.05, 0) is 24.3 Å². The summed E-state index contributed by atoms with van der Waals surface area (Å²) in [4.78, 5) is 36.4. The second kappa shape index (κ2) is 7.82. The number of nitrogens with one attached hydrogen (secondary N) is 1. The van der Waals surface area contributed by atoms with E-state index in [0.29, 0.717) is 28.5 Å². The second-order valence-corrected chi connectivity index (χ2v) is 6.50. The van der Waals surface area contributed by atoms with Crippen LogP contribution in [-0.4, -0.2) is 46.8 Å². The fourth-order valence-corrected chi connectivity index (χ4v) is 3.26. The number of rotatable bonds is 6. The smallest absolute Gasteiger partial charge is 0.332 e. The van der Waals surface area contributed by atoms with Gasteiger partial charge in [-0.3, -0.25) is 4.79 Å². The summed E-state index contributed by atoms with van der Waals surface area (Å²) in [5.74, 6) is 0.945. The van der Waals surface area contributed by atoms with Crippen molar-refractivity contribution in [1.82, 2.24) is 19.5 Å². The minimum absolute atomic E-state index is 0.0980. The number of methoxy groups -OCH3 is 3. The number of aromatic amines is 1. The lowest BCUT2D eigenvalue weighted by atomic mass is 10.2. The Hall–Kier alpha value is -4.34. The van der Waals surface area contributed by atoms with Gasteiger partial charge in [0, 0.05) is 11.6 Å². The number of aromatic nitrogens is 4. The van der Waals surface area contributed by atoms with Crippen molar-refractivity contribution in [3.05, 3.63) is 58.6 Å². The third-order valence-corrected chi connectivity index (χ3v) is 4.72. The molecule has 0 aliphatic rings. The summed E-state index contributed by atoms with van der Waals surface area (Å²) in [6, 6.07) is 12.0. The highest BCUT2D eigenvalue weighted by Crippen LogP contribution is 2.30. The summed E-state index contributed by atoms with van der Waals surface area (Å²) in [5.41, 5.74) is 6.32. The van der Waals surface area contributed by atoms with E-state index in [4.69, 9.17) is 19.9 Å². The van der Waals surface area contributed by atoms with Gasteiger partial charge in [0.05, 0.1) is 27.0 Å². The van der Waals surface area contributed by atoms with E-state index in [9.17, 15) is 9.59 Å². The van der Waals surface area contributed by atoms with Crippen molar-refractivity contribution >= 4 is 17.1 Å². The maximum Gasteiger partial charge on any atom is 0.332 e. The number of amides is 1. The number of fused-ring (bicyclic) bond motifs is 1. The zero-order valence-electron chi connectivity index (χ0n) is 17.0. The zero-order chi connectivity index (χ0) is 22.1. The summed E-state index contributed by atoms with van der Waals surface area (Å²) in [6.07, 6.45) is 0. The molecule has 0 unspecified atom stereocenters. The van der Waals surface area contributed by atoms with Gasteiger partial charge in [0.25, 0.3) is 5.91 Å². The van der Waals surface area contributed by atoms with Gasteiger partial charge in [0.15, 0.2) is 28.7 Å². The van der Waals surface area contributed by atoms with Crippen LogP contribution in [0.1, 0.15) is 10.5 Å². The Morgan fingerprint density at radius 2 is 1.77 bits per heavy atom. The lowest BCUT2D eigenvalue weighted by Gasteiger charge is -2.11. The van der Waals surface area contributed by atoms with E-state index in [2.05, 4.69) is 15.0 Å². The number of nitrogens with two attached hydrogens (primary N) is 1. The summed E-state index contributed by atoms with van der Waals surface area (Å²) >= 11 is 0. The number of hydrogen-bond acceptors (Lipinski definition) is 7. The number of hydrogen-bond donors (Lipinski definition) is 2. The van der Waals surface area contributed by atoms with E-state index in [-0.39, 0.29) is 22.7 Å². The average molecular weight is 421 g/mol. The van der Waals surface area contributed by atoms with E-state index in [1.807, 2.05) is 0 Å². The number of nitrogens with zero attached hydrogens (tertiary/aromatic N) is 3. The molecule has 158 valence electrons. The van der Waals surface area contributed by atoms with Crippen molar-refractivity contribution in [3.63, 3.8) is 0 Å². The van der Waals surface area contributed by atoms with Gasteiger partial charge in [0.2, 0.25) is 0 Å². The van der Waals surface area contributed by atoms with Crippen LogP contribution >= 0.6 is 0 Å². The Labute approximate surface area is 176 Å². The third-order valence-electron chi connectivity index (χ3n) is 4.72. The van der Waals surface area contributed by atoms with Crippen LogP contribution in [0.4, 0.5) is 0 Å². The molecule has 0 spiro atoms. The van der Waals surface area contributed by atoms with Gasteiger partial charge in [-0.2, -0.15) is 0 Å². The molecule has 0 saturated heterocycles. The molecule has 2 heterocycles. The Kier molecular flexibility index (Phi) is 5.04. The number of benzene rings is 2. The van der Waals surface area contributed by atoms with Crippen LogP contribution < -0.4 is 25.6 Å². The quantitative estimate of drug-likeness (QED) is 0.485. The first-order valence-electron chi connectivity index (χ1n) is 9.16. The van der Waals surface area contributed by atoms with Gasteiger partial charge in [-0.1, -0.05) is 12.1 Å². The van der Waals surface area contributed by atoms with Crippen LogP contribution in [-0.2, 0) is 0 Å². The van der Waals surface area contributed by atoms with Crippen LogP contribution in [0.15, 0.2) is 47.3 Å². The lowest BCUT2D eigenvalue weighted by Crippen LogP contribution is -2.15. The van der Waals surface area contributed by atoms with Gasteiger partial charge in [-0.25, -0.2) is 19.3 Å². The SMILES string of the molecule is COc1cccc(-c2nc(C(N)=O)c3[nH]c(=O)n(-c4ccc(OC)c(OC)c4)c3n2)c1. The predicted molar refractivity (Wildman–Crippen MR) is 113 cm³/mol. The van der Waals surface area contributed by atoms with Crippen molar-refractivity contribution in [2.75, 3.05) is 21.3 Å². The molecule has 10 nitrogen and oxygen atoms in total. The van der Waals surface area contributed by atoms with Crippen LogP contribution in [0.3, 0.4) is 0 Å². The molecule has 0 aliphatic heterocycles. The van der Waals surface area contributed by atoms with E-state index < -0.39 is 11.6 Å². The number of ether oxygens (including phenoxy) is 3. The van der Waals surface area contributed by atoms with E-state index in [0.717, 1.165) is 0 Å². The highest BCUT2D eigenvalue weighted by Gasteiger charge is 2.21. The van der Waals surface area contributed by atoms with Gasteiger partial charge in [0.1, 0.15) is 11.3 Å². The van der Waals surface area contributed by atoms with Crippen LogP contribution in [0.25, 0.3) is 28.2 Å². The highest BCUT2D eigenvalue weighted by molar-refractivity contribution is 6.02. The first kappa shape index (κ1) is 20.0. The molecule has 2 aromatic heterocycles. The molecule has 0 saturated carbocycles. The molecule has 10 heteroatoms. The molecule has 1 amide bonds. The molecule has 4 rings (SSSR count). The topological polar surface area (TPSA) is 134 Å². The molecule has 0 aliphatic carbocycles. The number of H-pyrrole nitrogens is 1. The van der Waals surface area contributed by atoms with Crippen LogP contribution in [0.2, 0.25) is 0 Å². The van der Waals surface area contributed by atoms with Crippen molar-refractivity contribution in [3.8, 4) is 34.3 Å². The molecule has 0 atom stereocenters. The van der Waals surface area contributed by atoms with Crippen LogP contribution in [0.5, 0.6) is 17.2 Å². The van der Waals surface area contributed by atoms with Crippen molar-refractivity contribution in [2.45, 2.75) is 0 Å². The average Bonchev–Trinajstić information content (AvgIpc) is 3.13. The number of carbonyl (C=O) groups is 1. The Morgan fingerprint density at radius 3 is 2.45 bits per heavy atom. The highest BCUT2D eigenvalue weighted by atomic mass is 16.5. The number of primary amides is 1. The zero-order valence-corrected chi connectivity index (χ0v) is 17.0. The van der Waals surface area contributed by atoms with E-state index in [1.165, 1.54) is 18.8 Å². The van der Waals surface area contributed by atoms with E-state index >= 15 is 0 Å². The van der Waals surface area contributed by atoms with Crippen molar-refractivity contribution in [2.24, 2.45) is 5.73 Å². The first-order valence-corrected chi connectivity index (χ1v) is 9.16. The normalized spacial score (nSPS) is 10.8. The Bertz CT molecular complexity index is 1360. The summed E-state index contributed by atoms with van der Waals surface area (Å²) in [5, 5.41) is 0. The summed E-state index contributed by atoms with van der Waals surface area (Å²) in [7, 11) is 4.55. The second-order valence-electron chi connectivity index (χ2n) is 6.50.